The van der Waals surface area contributed by atoms with Crippen LogP contribution >= 0.6 is 15.9 Å². The maximum absolute atomic E-state index is 10.8. The fraction of sp³-hybridized carbons (Fsp3) is 0. The van der Waals surface area contributed by atoms with E-state index >= 15 is 0 Å². The van der Waals surface area contributed by atoms with Gasteiger partial charge in [0.25, 0.3) is 0 Å². The summed E-state index contributed by atoms with van der Waals surface area (Å²) in [7, 11) is 0. The Bertz CT molecular complexity index is 680. The summed E-state index contributed by atoms with van der Waals surface area (Å²) in [6.07, 6.45) is 2.65. The topological polar surface area (TPSA) is 83.2 Å². The highest BCUT2D eigenvalue weighted by Gasteiger charge is 2.08. The molecule has 1 N–H and O–H groups in total. The smallest absolute Gasteiger partial charge is 0.337 e. The zero-order valence-corrected chi connectivity index (χ0v) is 11.1. The number of carboxylic acids is 1. The normalized spacial score (nSPS) is 9.68. The molecule has 0 aliphatic heterocycles. The van der Waals surface area contributed by atoms with E-state index in [0.717, 1.165) is 0 Å². The van der Waals surface area contributed by atoms with Crippen LogP contribution in [0.5, 0.6) is 11.5 Å². The Kier molecular flexibility index (Phi) is 3.78. The van der Waals surface area contributed by atoms with Gasteiger partial charge in [0, 0.05) is 6.20 Å². The molecule has 2 rings (SSSR count). The summed E-state index contributed by atoms with van der Waals surface area (Å²) in [4.78, 5) is 14.6. The molecule has 2 aromatic rings. The zero-order chi connectivity index (χ0) is 13.8. The molecule has 0 atom stereocenters. The van der Waals surface area contributed by atoms with Gasteiger partial charge in [-0.3, -0.25) is 4.98 Å². The van der Waals surface area contributed by atoms with Crippen molar-refractivity contribution < 1.29 is 14.6 Å². The highest BCUT2D eigenvalue weighted by atomic mass is 79.9. The van der Waals surface area contributed by atoms with Crippen LogP contribution in [0, 0.1) is 11.3 Å². The Morgan fingerprint density at radius 2 is 2.16 bits per heavy atom. The van der Waals surface area contributed by atoms with Gasteiger partial charge in [0.1, 0.15) is 11.5 Å². The number of nitriles is 1. The van der Waals surface area contributed by atoms with Gasteiger partial charge >= 0.3 is 5.97 Å². The standard InChI is InChI=1S/C13H7BrN2O3/c14-11-3-8(5-15)1-2-12(11)19-10-4-9(13(17)18)6-16-7-10/h1-4,6-7H,(H,17,18). The van der Waals surface area contributed by atoms with Gasteiger partial charge in [-0.15, -0.1) is 0 Å². The molecule has 0 spiro atoms. The first-order chi connectivity index (χ1) is 9.10. The Morgan fingerprint density at radius 3 is 2.79 bits per heavy atom. The van der Waals surface area contributed by atoms with Gasteiger partial charge in [-0.05, 0) is 40.2 Å². The third-order valence-electron chi connectivity index (χ3n) is 2.25. The Balaban J connectivity index is 2.29. The van der Waals surface area contributed by atoms with E-state index in [2.05, 4.69) is 20.9 Å². The molecule has 19 heavy (non-hydrogen) atoms. The number of aromatic carboxylic acids is 1. The van der Waals surface area contributed by atoms with Crippen LogP contribution in [0.4, 0.5) is 0 Å². The van der Waals surface area contributed by atoms with Crippen LogP contribution in [0.2, 0.25) is 0 Å². The number of aromatic nitrogens is 1. The molecule has 5 nitrogen and oxygen atoms in total. The first-order valence-corrected chi connectivity index (χ1v) is 5.95. The highest BCUT2D eigenvalue weighted by molar-refractivity contribution is 9.10. The molecule has 0 fully saturated rings. The summed E-state index contributed by atoms with van der Waals surface area (Å²) < 4.78 is 6.12. The van der Waals surface area contributed by atoms with Gasteiger partial charge in [0.2, 0.25) is 0 Å². The molecule has 0 radical (unpaired) electrons. The molecule has 6 heteroatoms. The van der Waals surface area contributed by atoms with Crippen LogP contribution in [0.25, 0.3) is 0 Å². The minimum atomic E-state index is -1.07. The highest BCUT2D eigenvalue weighted by Crippen LogP contribution is 2.30. The predicted octanol–water partition coefficient (Wildman–Crippen LogP) is 3.21. The number of ether oxygens (including phenoxy) is 1. The van der Waals surface area contributed by atoms with Gasteiger partial charge in [0.15, 0.2) is 0 Å². The lowest BCUT2D eigenvalue weighted by atomic mass is 10.2. The third kappa shape index (κ3) is 3.09. The fourth-order valence-electron chi connectivity index (χ4n) is 1.37. The second kappa shape index (κ2) is 5.50. The number of halogens is 1. The van der Waals surface area contributed by atoms with Crippen LogP contribution < -0.4 is 4.74 Å². The number of carboxylic acid groups (broad SMARTS) is 1. The first kappa shape index (κ1) is 13.1. The molecule has 0 aliphatic rings. The van der Waals surface area contributed by atoms with E-state index < -0.39 is 5.97 Å². The van der Waals surface area contributed by atoms with Gasteiger partial charge in [-0.1, -0.05) is 0 Å². The van der Waals surface area contributed by atoms with E-state index in [1.54, 1.807) is 18.2 Å². The van der Waals surface area contributed by atoms with E-state index in [1.165, 1.54) is 18.5 Å². The Hall–Kier alpha value is -2.39. The second-order valence-corrected chi connectivity index (χ2v) is 4.43. The van der Waals surface area contributed by atoms with Gasteiger partial charge < -0.3 is 9.84 Å². The van der Waals surface area contributed by atoms with E-state index in [4.69, 9.17) is 15.1 Å². The van der Waals surface area contributed by atoms with Crippen molar-refractivity contribution in [3.05, 3.63) is 52.3 Å². The molecule has 1 aromatic heterocycles. The largest absolute Gasteiger partial charge is 0.478 e. The molecule has 0 aliphatic carbocycles. The van der Waals surface area contributed by atoms with Crippen LogP contribution in [0.3, 0.4) is 0 Å². The minimum Gasteiger partial charge on any atom is -0.478 e. The number of nitrogens with zero attached hydrogens (tertiary/aromatic N) is 2. The maximum Gasteiger partial charge on any atom is 0.337 e. The van der Waals surface area contributed by atoms with Crippen molar-refractivity contribution in [3.8, 4) is 17.6 Å². The monoisotopic (exact) mass is 318 g/mol. The molecular weight excluding hydrogens is 312 g/mol. The second-order valence-electron chi connectivity index (χ2n) is 3.57. The lowest BCUT2D eigenvalue weighted by molar-refractivity contribution is 0.0696. The summed E-state index contributed by atoms with van der Waals surface area (Å²) in [5.74, 6) is -0.287. The third-order valence-corrected chi connectivity index (χ3v) is 2.87. The molecule has 0 unspecified atom stereocenters. The Morgan fingerprint density at radius 1 is 1.37 bits per heavy atom. The number of pyridine rings is 1. The minimum absolute atomic E-state index is 0.0438. The molecule has 0 bridgehead atoms. The summed E-state index contributed by atoms with van der Waals surface area (Å²) >= 11 is 3.28. The first-order valence-electron chi connectivity index (χ1n) is 5.16. The van der Waals surface area contributed by atoms with Crippen molar-refractivity contribution in [1.82, 2.24) is 4.98 Å². The van der Waals surface area contributed by atoms with Gasteiger partial charge in [-0.25, -0.2) is 4.79 Å². The van der Waals surface area contributed by atoms with E-state index in [1.807, 2.05) is 6.07 Å². The zero-order valence-electron chi connectivity index (χ0n) is 9.50. The number of hydrogen-bond donors (Lipinski definition) is 1. The number of hydrogen-bond acceptors (Lipinski definition) is 4. The lowest BCUT2D eigenvalue weighted by Gasteiger charge is -2.07. The van der Waals surface area contributed by atoms with Crippen molar-refractivity contribution in [2.24, 2.45) is 0 Å². The number of carbonyl (C=O) groups is 1. The van der Waals surface area contributed by atoms with Crippen LogP contribution in [-0.2, 0) is 0 Å². The molecule has 94 valence electrons. The fourth-order valence-corrected chi connectivity index (χ4v) is 1.83. The predicted molar refractivity (Wildman–Crippen MR) is 70.1 cm³/mol. The molecule has 0 amide bonds. The van der Waals surface area contributed by atoms with Crippen molar-refractivity contribution >= 4 is 21.9 Å². The molecular formula is C13H7BrN2O3. The van der Waals surface area contributed by atoms with Crippen molar-refractivity contribution in [1.29, 1.82) is 5.26 Å². The van der Waals surface area contributed by atoms with Gasteiger partial charge in [-0.2, -0.15) is 5.26 Å². The van der Waals surface area contributed by atoms with Crippen molar-refractivity contribution in [3.63, 3.8) is 0 Å². The summed E-state index contributed by atoms with van der Waals surface area (Å²) in [6, 6.07) is 8.22. The molecule has 0 saturated heterocycles. The van der Waals surface area contributed by atoms with E-state index in [0.29, 0.717) is 21.5 Å². The molecule has 1 aromatic carbocycles. The SMILES string of the molecule is N#Cc1ccc(Oc2cncc(C(=O)O)c2)c(Br)c1. The lowest BCUT2D eigenvalue weighted by Crippen LogP contribution is -1.97. The molecule has 1 heterocycles. The van der Waals surface area contributed by atoms with Crippen LogP contribution in [-0.4, -0.2) is 16.1 Å². The number of rotatable bonds is 3. The summed E-state index contributed by atoms with van der Waals surface area (Å²) in [6.45, 7) is 0. The van der Waals surface area contributed by atoms with E-state index in [9.17, 15) is 4.79 Å². The van der Waals surface area contributed by atoms with Crippen molar-refractivity contribution in [2.75, 3.05) is 0 Å². The van der Waals surface area contributed by atoms with Gasteiger partial charge in [0.05, 0.1) is 27.9 Å². The van der Waals surface area contributed by atoms with Crippen molar-refractivity contribution in [2.45, 2.75) is 0 Å². The Labute approximate surface area is 117 Å². The average Bonchev–Trinajstić information content (AvgIpc) is 2.41. The maximum atomic E-state index is 10.8. The summed E-state index contributed by atoms with van der Waals surface area (Å²) in [5, 5.41) is 17.6. The summed E-state index contributed by atoms with van der Waals surface area (Å²) in [5.41, 5.74) is 0.541. The van der Waals surface area contributed by atoms with E-state index in [-0.39, 0.29) is 5.56 Å². The van der Waals surface area contributed by atoms with Crippen LogP contribution in [0.1, 0.15) is 15.9 Å². The van der Waals surface area contributed by atoms with Crippen LogP contribution in [0.15, 0.2) is 41.1 Å². The number of benzene rings is 1. The molecule has 0 saturated carbocycles. The average molecular weight is 319 g/mol. The quantitative estimate of drug-likeness (QED) is 0.939.